The molecule has 0 amide bonds. The number of imidazole rings is 1. The number of aryl methyl sites for hydroxylation is 3. The molecule has 1 aliphatic rings. The number of alkyl halides is 1. The fourth-order valence-corrected chi connectivity index (χ4v) is 2.96. The molecule has 3 rings (SSSR count). The van der Waals surface area contributed by atoms with E-state index < -0.39 is 0 Å². The minimum atomic E-state index is 0.592. The number of aromatic nitrogens is 3. The van der Waals surface area contributed by atoms with E-state index in [0.717, 1.165) is 55.2 Å². The fourth-order valence-electron chi connectivity index (χ4n) is 2.79. The third-order valence-corrected chi connectivity index (χ3v) is 4.09. The fraction of sp³-hybridized carbons (Fsp3) is 0.600. The zero-order chi connectivity index (χ0) is 13.9. The van der Waals surface area contributed by atoms with Crippen LogP contribution < -0.4 is 0 Å². The maximum atomic E-state index is 5.90. The van der Waals surface area contributed by atoms with E-state index in [1.807, 2.05) is 13.1 Å². The van der Waals surface area contributed by atoms with Crippen LogP contribution >= 0.6 is 11.6 Å². The van der Waals surface area contributed by atoms with Gasteiger partial charge < -0.3 is 9.30 Å². The highest BCUT2D eigenvalue weighted by Gasteiger charge is 2.18. The molecule has 0 saturated carbocycles. The van der Waals surface area contributed by atoms with Crippen molar-refractivity contribution in [1.82, 2.24) is 14.5 Å². The molecule has 4 nitrogen and oxygen atoms in total. The Kier molecular flexibility index (Phi) is 4.22. The van der Waals surface area contributed by atoms with Gasteiger partial charge in [-0.25, -0.2) is 9.97 Å². The van der Waals surface area contributed by atoms with Gasteiger partial charge in [-0.3, -0.25) is 0 Å². The van der Waals surface area contributed by atoms with Crippen molar-refractivity contribution in [2.24, 2.45) is 5.92 Å². The van der Waals surface area contributed by atoms with Gasteiger partial charge in [-0.2, -0.15) is 0 Å². The monoisotopic (exact) mass is 293 g/mol. The summed E-state index contributed by atoms with van der Waals surface area (Å²) < 4.78 is 7.68. The molecule has 1 unspecified atom stereocenters. The quantitative estimate of drug-likeness (QED) is 0.796. The van der Waals surface area contributed by atoms with Gasteiger partial charge in [-0.05, 0) is 37.3 Å². The molecular formula is C15H20ClN3O. The molecule has 5 heteroatoms. The molecular weight excluding hydrogens is 274 g/mol. The highest BCUT2D eigenvalue weighted by Crippen LogP contribution is 2.21. The lowest BCUT2D eigenvalue weighted by Crippen LogP contribution is -2.10. The number of hydrogen-bond donors (Lipinski definition) is 0. The first-order valence-corrected chi connectivity index (χ1v) is 7.77. The predicted molar refractivity (Wildman–Crippen MR) is 80.2 cm³/mol. The van der Waals surface area contributed by atoms with Gasteiger partial charge in [0.2, 0.25) is 0 Å². The van der Waals surface area contributed by atoms with Crippen LogP contribution in [-0.4, -0.2) is 33.6 Å². The number of rotatable bonds is 5. The summed E-state index contributed by atoms with van der Waals surface area (Å²) >= 11 is 5.90. The highest BCUT2D eigenvalue weighted by molar-refractivity contribution is 6.17. The zero-order valence-corrected chi connectivity index (χ0v) is 12.6. The van der Waals surface area contributed by atoms with Crippen molar-refractivity contribution >= 4 is 22.8 Å². The van der Waals surface area contributed by atoms with E-state index in [9.17, 15) is 0 Å². The Balaban J connectivity index is 1.87. The summed E-state index contributed by atoms with van der Waals surface area (Å²) in [5.41, 5.74) is 3.10. The van der Waals surface area contributed by atoms with E-state index in [0.29, 0.717) is 11.8 Å². The van der Waals surface area contributed by atoms with Crippen molar-refractivity contribution in [3.05, 3.63) is 23.7 Å². The van der Waals surface area contributed by atoms with Crippen molar-refractivity contribution in [2.45, 2.75) is 32.7 Å². The molecule has 2 aromatic heterocycles. The minimum absolute atomic E-state index is 0.592. The first-order valence-electron chi connectivity index (χ1n) is 7.23. The van der Waals surface area contributed by atoms with Crippen molar-refractivity contribution in [3.63, 3.8) is 0 Å². The normalized spacial score (nSPS) is 19.0. The molecule has 1 fully saturated rings. The summed E-state index contributed by atoms with van der Waals surface area (Å²) in [6.07, 6.45) is 4.99. The molecule has 0 radical (unpaired) electrons. The second kappa shape index (κ2) is 6.10. The van der Waals surface area contributed by atoms with Gasteiger partial charge >= 0.3 is 0 Å². The smallest absolute Gasteiger partial charge is 0.160 e. The van der Waals surface area contributed by atoms with Crippen molar-refractivity contribution in [3.8, 4) is 0 Å². The molecule has 0 bridgehead atoms. The van der Waals surface area contributed by atoms with Crippen LogP contribution in [0.25, 0.3) is 11.2 Å². The Morgan fingerprint density at radius 1 is 1.50 bits per heavy atom. The van der Waals surface area contributed by atoms with Gasteiger partial charge in [0.1, 0.15) is 11.3 Å². The van der Waals surface area contributed by atoms with Crippen LogP contribution in [0.1, 0.15) is 24.2 Å². The number of ether oxygens (including phenoxy) is 1. The summed E-state index contributed by atoms with van der Waals surface area (Å²) in [6, 6.07) is 2.09. The molecule has 0 spiro atoms. The maximum absolute atomic E-state index is 5.90. The van der Waals surface area contributed by atoms with Crippen LogP contribution in [-0.2, 0) is 17.7 Å². The van der Waals surface area contributed by atoms with Crippen LogP contribution in [0.2, 0.25) is 0 Å². The van der Waals surface area contributed by atoms with E-state index in [1.165, 1.54) is 6.42 Å². The lowest BCUT2D eigenvalue weighted by molar-refractivity contribution is 0.183. The van der Waals surface area contributed by atoms with Crippen molar-refractivity contribution in [1.29, 1.82) is 0 Å². The lowest BCUT2D eigenvalue weighted by atomic mass is 10.1. The first-order chi connectivity index (χ1) is 9.78. The molecule has 3 heterocycles. The molecule has 2 aromatic rings. The summed E-state index contributed by atoms with van der Waals surface area (Å²) in [7, 11) is 0. The number of hydrogen-bond acceptors (Lipinski definition) is 3. The molecule has 1 aliphatic heterocycles. The van der Waals surface area contributed by atoms with Crippen LogP contribution in [0.3, 0.4) is 0 Å². The second-order valence-electron chi connectivity index (χ2n) is 5.49. The van der Waals surface area contributed by atoms with E-state index in [-0.39, 0.29) is 0 Å². The maximum Gasteiger partial charge on any atom is 0.160 e. The first kappa shape index (κ1) is 13.8. The molecule has 1 atom stereocenters. The van der Waals surface area contributed by atoms with Crippen LogP contribution in [0.4, 0.5) is 0 Å². The Morgan fingerprint density at radius 2 is 2.40 bits per heavy atom. The molecule has 1 saturated heterocycles. The third-order valence-electron chi connectivity index (χ3n) is 3.90. The van der Waals surface area contributed by atoms with E-state index >= 15 is 0 Å². The largest absolute Gasteiger partial charge is 0.381 e. The van der Waals surface area contributed by atoms with Crippen molar-refractivity contribution < 1.29 is 4.74 Å². The summed E-state index contributed by atoms with van der Waals surface area (Å²) in [5, 5.41) is 0. The van der Waals surface area contributed by atoms with Gasteiger partial charge in [-0.1, -0.05) is 0 Å². The van der Waals surface area contributed by atoms with E-state index in [1.54, 1.807) is 0 Å². The Labute approximate surface area is 124 Å². The highest BCUT2D eigenvalue weighted by atomic mass is 35.5. The van der Waals surface area contributed by atoms with E-state index in [4.69, 9.17) is 21.3 Å². The van der Waals surface area contributed by atoms with Crippen LogP contribution in [0.15, 0.2) is 12.3 Å². The number of halogens is 1. The molecule has 20 heavy (non-hydrogen) atoms. The standard InChI is InChI=1S/C15H20ClN3O/c1-11-8-13-15(17-9-11)19(14(18-13)2-5-16)6-3-12-4-7-20-10-12/h8-9,12H,2-7,10H2,1H3. The Hall–Kier alpha value is -1.13. The second-order valence-corrected chi connectivity index (χ2v) is 5.87. The topological polar surface area (TPSA) is 39.9 Å². The van der Waals surface area contributed by atoms with Crippen LogP contribution in [0.5, 0.6) is 0 Å². The lowest BCUT2D eigenvalue weighted by Gasteiger charge is -2.11. The van der Waals surface area contributed by atoms with Crippen molar-refractivity contribution in [2.75, 3.05) is 19.1 Å². The van der Waals surface area contributed by atoms with Gasteiger partial charge in [0.25, 0.3) is 0 Å². The Morgan fingerprint density at radius 3 is 3.15 bits per heavy atom. The SMILES string of the molecule is Cc1cnc2c(c1)nc(CCCl)n2CCC1CCOC1. The van der Waals surface area contributed by atoms with Crippen LogP contribution in [0, 0.1) is 12.8 Å². The van der Waals surface area contributed by atoms with E-state index in [2.05, 4.69) is 15.6 Å². The average Bonchev–Trinajstić information content (AvgIpc) is 3.04. The minimum Gasteiger partial charge on any atom is -0.381 e. The predicted octanol–water partition coefficient (Wildman–Crippen LogP) is 2.95. The van der Waals surface area contributed by atoms with Gasteiger partial charge in [0.15, 0.2) is 5.65 Å². The average molecular weight is 294 g/mol. The molecule has 0 N–H and O–H groups in total. The number of pyridine rings is 1. The third kappa shape index (κ3) is 2.81. The number of nitrogens with zero attached hydrogens (tertiary/aromatic N) is 3. The summed E-state index contributed by atoms with van der Waals surface area (Å²) in [4.78, 5) is 9.25. The Bertz CT molecular complexity index is 590. The molecule has 108 valence electrons. The van der Waals surface area contributed by atoms with Gasteiger partial charge in [0.05, 0.1) is 0 Å². The van der Waals surface area contributed by atoms with Gasteiger partial charge in [-0.15, -0.1) is 11.6 Å². The summed E-state index contributed by atoms with van der Waals surface area (Å²) in [5.74, 6) is 2.31. The molecule has 0 aliphatic carbocycles. The zero-order valence-electron chi connectivity index (χ0n) is 11.8. The van der Waals surface area contributed by atoms with Gasteiger partial charge in [0, 0.05) is 38.3 Å². The molecule has 0 aromatic carbocycles. The number of fused-ring (bicyclic) bond motifs is 1. The summed E-state index contributed by atoms with van der Waals surface area (Å²) in [6.45, 7) is 4.79.